The summed E-state index contributed by atoms with van der Waals surface area (Å²) in [4.78, 5) is 23.1. The molecular weight excluding hydrogens is 317 g/mol. The largest absolute Gasteiger partial charge is 0.516 e. The maximum Gasteiger partial charge on any atom is 0.516 e. The number of hydrogen-bond donors (Lipinski definition) is 1. The van der Waals surface area contributed by atoms with E-state index < -0.39 is 23.8 Å². The molecule has 0 heterocycles. The number of halogens is 2. The van der Waals surface area contributed by atoms with Crippen molar-refractivity contribution in [3.63, 3.8) is 0 Å². The molecule has 0 saturated carbocycles. The number of rotatable bonds is 3. The Morgan fingerprint density at radius 3 is 2.38 bits per heavy atom. The van der Waals surface area contributed by atoms with Crippen molar-refractivity contribution in [2.24, 2.45) is 5.73 Å². The van der Waals surface area contributed by atoms with E-state index in [1.54, 1.807) is 39.0 Å². The van der Waals surface area contributed by atoms with Crippen molar-refractivity contribution in [1.29, 1.82) is 0 Å². The summed E-state index contributed by atoms with van der Waals surface area (Å²) in [5.41, 5.74) is 5.65. The fourth-order valence-corrected chi connectivity index (χ4v) is 1.75. The van der Waals surface area contributed by atoms with Gasteiger partial charge in [0.2, 0.25) is 0 Å². The topological polar surface area (TPSA) is 78.6 Å². The van der Waals surface area contributed by atoms with E-state index in [0.29, 0.717) is 15.6 Å². The van der Waals surface area contributed by atoms with Crippen molar-refractivity contribution in [2.75, 3.05) is 0 Å². The number of hydrogen-bond acceptors (Lipinski definition) is 5. The summed E-state index contributed by atoms with van der Waals surface area (Å²) >= 11 is 11.7. The van der Waals surface area contributed by atoms with Crippen molar-refractivity contribution in [3.8, 4) is 0 Å². The molecule has 0 unspecified atom stereocenters. The first kappa shape index (κ1) is 17.8. The Labute approximate surface area is 133 Å². The van der Waals surface area contributed by atoms with E-state index in [1.165, 1.54) is 0 Å². The molecule has 0 saturated heterocycles. The number of carbonyl (C=O) groups is 2. The Hall–Kier alpha value is -1.30. The predicted molar refractivity (Wildman–Crippen MR) is 80.5 cm³/mol. The number of benzene rings is 1. The summed E-state index contributed by atoms with van der Waals surface area (Å²) in [5, 5.41) is 0.771. The van der Waals surface area contributed by atoms with E-state index >= 15 is 0 Å². The summed E-state index contributed by atoms with van der Waals surface area (Å²) < 4.78 is 9.40. The minimum Gasteiger partial charge on any atom is -0.428 e. The fraction of sp³-hybridized carbons (Fsp3) is 0.429. The van der Waals surface area contributed by atoms with E-state index in [4.69, 9.17) is 33.7 Å². The van der Waals surface area contributed by atoms with Gasteiger partial charge < -0.3 is 15.2 Å². The van der Waals surface area contributed by atoms with Crippen LogP contribution >= 0.6 is 23.2 Å². The molecule has 1 aromatic rings. The van der Waals surface area contributed by atoms with Crippen LogP contribution < -0.4 is 5.73 Å². The van der Waals surface area contributed by atoms with E-state index in [0.717, 1.165) is 0 Å². The van der Waals surface area contributed by atoms with Crippen molar-refractivity contribution < 1.29 is 19.1 Å². The molecule has 0 aliphatic carbocycles. The molecule has 0 aromatic heterocycles. The van der Waals surface area contributed by atoms with Gasteiger partial charge in [0.25, 0.3) is 0 Å². The molecule has 0 aliphatic rings. The molecule has 0 aliphatic heterocycles. The van der Waals surface area contributed by atoms with E-state index in [9.17, 15) is 9.59 Å². The van der Waals surface area contributed by atoms with Gasteiger partial charge in [-0.2, -0.15) is 0 Å². The Morgan fingerprint density at radius 1 is 1.24 bits per heavy atom. The fourth-order valence-electron chi connectivity index (χ4n) is 1.43. The smallest absolute Gasteiger partial charge is 0.428 e. The SMILES string of the molecule is CC(C)(C)OC(=O)OC(=O)[C@@H](N)Cc1ccc(Cl)c(Cl)c1. The van der Waals surface area contributed by atoms with Gasteiger partial charge in [0, 0.05) is 0 Å². The van der Waals surface area contributed by atoms with Crippen LogP contribution in [0.1, 0.15) is 26.3 Å². The van der Waals surface area contributed by atoms with Gasteiger partial charge in [-0.15, -0.1) is 0 Å². The third kappa shape index (κ3) is 6.33. The highest BCUT2D eigenvalue weighted by Gasteiger charge is 2.24. The first-order chi connectivity index (χ1) is 9.58. The summed E-state index contributed by atoms with van der Waals surface area (Å²) in [5.74, 6) is -0.865. The van der Waals surface area contributed by atoms with Crippen LogP contribution in [0.3, 0.4) is 0 Å². The van der Waals surface area contributed by atoms with Crippen molar-refractivity contribution in [3.05, 3.63) is 33.8 Å². The Bertz CT molecular complexity index is 540. The molecule has 0 radical (unpaired) electrons. The second kappa shape index (κ2) is 7.11. The molecule has 0 amide bonds. The van der Waals surface area contributed by atoms with Gasteiger partial charge in [-0.3, -0.25) is 0 Å². The molecule has 0 fully saturated rings. The minimum atomic E-state index is -1.07. The first-order valence-electron chi connectivity index (χ1n) is 6.22. The summed E-state index contributed by atoms with van der Waals surface area (Å²) in [6.07, 6.45) is -0.907. The maximum absolute atomic E-state index is 11.7. The normalized spacial score (nSPS) is 12.7. The summed E-state index contributed by atoms with van der Waals surface area (Å²) in [6.45, 7) is 4.98. The Morgan fingerprint density at radius 2 is 1.86 bits per heavy atom. The number of esters is 1. The van der Waals surface area contributed by atoms with Crippen LogP contribution in [0.2, 0.25) is 10.0 Å². The van der Waals surface area contributed by atoms with Crippen LogP contribution in [0.5, 0.6) is 0 Å². The van der Waals surface area contributed by atoms with E-state index in [1.807, 2.05) is 0 Å². The number of nitrogens with two attached hydrogens (primary N) is 1. The summed E-state index contributed by atoms with van der Waals surface area (Å²) in [6, 6.07) is 3.89. The van der Waals surface area contributed by atoms with Crippen LogP contribution in [0.15, 0.2) is 18.2 Å². The van der Waals surface area contributed by atoms with E-state index in [2.05, 4.69) is 4.74 Å². The van der Waals surface area contributed by atoms with Gasteiger partial charge in [0.15, 0.2) is 0 Å². The lowest BCUT2D eigenvalue weighted by atomic mass is 10.1. The van der Waals surface area contributed by atoms with Crippen LogP contribution in [0, 0.1) is 0 Å². The monoisotopic (exact) mass is 333 g/mol. The third-order valence-electron chi connectivity index (χ3n) is 2.32. The molecule has 1 aromatic carbocycles. The average molecular weight is 334 g/mol. The Kier molecular flexibility index (Phi) is 6.01. The zero-order valence-corrected chi connectivity index (χ0v) is 13.5. The molecule has 0 bridgehead atoms. The molecule has 1 atom stereocenters. The summed E-state index contributed by atoms with van der Waals surface area (Å²) in [7, 11) is 0. The highest BCUT2D eigenvalue weighted by Crippen LogP contribution is 2.23. The van der Waals surface area contributed by atoms with Crippen LogP contribution in [0.4, 0.5) is 4.79 Å². The predicted octanol–water partition coefficient (Wildman–Crippen LogP) is 3.34. The zero-order chi connectivity index (χ0) is 16.2. The highest BCUT2D eigenvalue weighted by molar-refractivity contribution is 6.42. The Balaban J connectivity index is 2.58. The lowest BCUT2D eigenvalue weighted by molar-refractivity contribution is -0.142. The van der Waals surface area contributed by atoms with Crippen LogP contribution in [-0.4, -0.2) is 23.8 Å². The molecule has 2 N–H and O–H groups in total. The number of ether oxygens (including phenoxy) is 2. The molecule has 21 heavy (non-hydrogen) atoms. The molecule has 7 heteroatoms. The van der Waals surface area contributed by atoms with Gasteiger partial charge in [0.1, 0.15) is 11.6 Å². The molecule has 116 valence electrons. The van der Waals surface area contributed by atoms with Gasteiger partial charge in [-0.25, -0.2) is 9.59 Å². The van der Waals surface area contributed by atoms with Crippen molar-refractivity contribution in [1.82, 2.24) is 0 Å². The van der Waals surface area contributed by atoms with E-state index in [-0.39, 0.29) is 6.42 Å². The molecular formula is C14H17Cl2NO4. The van der Waals surface area contributed by atoms with Gasteiger partial charge in [-0.05, 0) is 44.9 Å². The lowest BCUT2D eigenvalue weighted by Gasteiger charge is -2.19. The number of carbonyl (C=O) groups excluding carboxylic acids is 2. The molecule has 5 nitrogen and oxygen atoms in total. The maximum atomic E-state index is 11.7. The zero-order valence-electron chi connectivity index (χ0n) is 12.0. The quantitative estimate of drug-likeness (QED) is 0.677. The van der Waals surface area contributed by atoms with Crippen molar-refractivity contribution in [2.45, 2.75) is 38.8 Å². The highest BCUT2D eigenvalue weighted by atomic mass is 35.5. The van der Waals surface area contributed by atoms with Crippen LogP contribution in [-0.2, 0) is 20.7 Å². The van der Waals surface area contributed by atoms with Gasteiger partial charge >= 0.3 is 12.1 Å². The molecule has 0 spiro atoms. The molecule has 1 rings (SSSR count). The van der Waals surface area contributed by atoms with Crippen molar-refractivity contribution >= 4 is 35.3 Å². The van der Waals surface area contributed by atoms with Crippen LogP contribution in [0.25, 0.3) is 0 Å². The second-order valence-corrected chi connectivity index (χ2v) is 6.26. The standard InChI is InChI=1S/C14H17Cl2NO4/c1-14(2,3)21-13(19)20-12(18)11(17)7-8-4-5-9(15)10(16)6-8/h4-6,11H,7,17H2,1-3H3/t11-/m0/s1. The minimum absolute atomic E-state index is 0.165. The van der Waals surface area contributed by atoms with Gasteiger partial charge in [-0.1, -0.05) is 29.3 Å². The second-order valence-electron chi connectivity index (χ2n) is 5.44. The first-order valence-corrected chi connectivity index (χ1v) is 6.98. The van der Waals surface area contributed by atoms with Gasteiger partial charge in [0.05, 0.1) is 10.0 Å². The average Bonchev–Trinajstić information content (AvgIpc) is 2.31. The lowest BCUT2D eigenvalue weighted by Crippen LogP contribution is -2.37. The third-order valence-corrected chi connectivity index (χ3v) is 3.05.